The van der Waals surface area contributed by atoms with E-state index in [2.05, 4.69) is 16.7 Å². The Bertz CT molecular complexity index is 399. The maximum Gasteiger partial charge on any atom is 0.129 e. The van der Waals surface area contributed by atoms with E-state index in [1.165, 1.54) is 6.07 Å². The van der Waals surface area contributed by atoms with Crippen LogP contribution in [0.2, 0.25) is 0 Å². The van der Waals surface area contributed by atoms with Gasteiger partial charge < -0.3 is 10.0 Å². The molecule has 2 rings (SSSR count). The molecule has 0 aliphatic carbocycles. The predicted molar refractivity (Wildman–Crippen MR) is 74.5 cm³/mol. The molecule has 3 nitrogen and oxygen atoms in total. The summed E-state index contributed by atoms with van der Waals surface area (Å²) in [7, 11) is 0. The molecule has 0 bridgehead atoms. The predicted octanol–water partition coefficient (Wildman–Crippen LogP) is 1.89. The molecule has 1 aliphatic heterocycles. The molecule has 0 spiro atoms. The van der Waals surface area contributed by atoms with Crippen molar-refractivity contribution in [1.82, 2.24) is 9.80 Å². The number of aliphatic hydroxyl groups excluding tert-OH is 1. The molecule has 1 fully saturated rings. The van der Waals surface area contributed by atoms with Gasteiger partial charge in [0.25, 0.3) is 0 Å². The third-order valence-electron chi connectivity index (χ3n) is 3.82. The number of β-amino-alcohol motifs (C(OH)–C–C–N with tert-alkyl or cyclic N) is 1. The molecule has 0 radical (unpaired) electrons. The lowest BCUT2D eigenvalue weighted by molar-refractivity contribution is 0.112. The number of likely N-dealkylation sites (N-methyl/N-ethyl adjacent to an activating group) is 1. The first-order valence-corrected chi connectivity index (χ1v) is 7.08. The molecule has 0 amide bonds. The molecule has 19 heavy (non-hydrogen) atoms. The second-order valence-corrected chi connectivity index (χ2v) is 5.13. The van der Waals surface area contributed by atoms with E-state index in [-0.39, 0.29) is 5.82 Å². The Kier molecular flexibility index (Phi) is 5.31. The summed E-state index contributed by atoms with van der Waals surface area (Å²) < 4.78 is 13.6. The summed E-state index contributed by atoms with van der Waals surface area (Å²) in [5, 5.41) is 10.2. The maximum absolute atomic E-state index is 13.6. The summed E-state index contributed by atoms with van der Waals surface area (Å²) in [6.07, 6.45) is 0.368. The molecule has 1 saturated heterocycles. The van der Waals surface area contributed by atoms with Crippen LogP contribution in [0.3, 0.4) is 0 Å². The van der Waals surface area contributed by atoms with Crippen molar-refractivity contribution in [3.8, 4) is 0 Å². The van der Waals surface area contributed by atoms with Gasteiger partial charge in [-0.05, 0) is 32.1 Å². The molecular formula is C15H23FN2O. The summed E-state index contributed by atoms with van der Waals surface area (Å²) >= 11 is 0. The van der Waals surface area contributed by atoms with Crippen LogP contribution >= 0.6 is 0 Å². The van der Waals surface area contributed by atoms with Crippen LogP contribution in [0.5, 0.6) is 0 Å². The molecular weight excluding hydrogens is 243 g/mol. The van der Waals surface area contributed by atoms with Crippen molar-refractivity contribution in [3.63, 3.8) is 0 Å². The van der Waals surface area contributed by atoms with Gasteiger partial charge in [0.15, 0.2) is 0 Å². The van der Waals surface area contributed by atoms with Gasteiger partial charge in [-0.1, -0.05) is 25.1 Å². The largest absolute Gasteiger partial charge is 0.387 e. The van der Waals surface area contributed by atoms with Crippen molar-refractivity contribution in [2.24, 2.45) is 0 Å². The minimum Gasteiger partial charge on any atom is -0.387 e. The van der Waals surface area contributed by atoms with Crippen LogP contribution in [0.25, 0.3) is 0 Å². The third kappa shape index (κ3) is 4.00. The lowest BCUT2D eigenvalue weighted by Crippen LogP contribution is -2.33. The van der Waals surface area contributed by atoms with Crippen molar-refractivity contribution in [2.75, 3.05) is 39.3 Å². The van der Waals surface area contributed by atoms with E-state index < -0.39 is 6.10 Å². The fourth-order valence-corrected chi connectivity index (χ4v) is 2.61. The lowest BCUT2D eigenvalue weighted by Gasteiger charge is -2.24. The number of benzene rings is 1. The summed E-state index contributed by atoms with van der Waals surface area (Å²) in [5.74, 6) is -0.319. The van der Waals surface area contributed by atoms with Gasteiger partial charge in [-0.25, -0.2) is 4.39 Å². The first-order chi connectivity index (χ1) is 9.20. The van der Waals surface area contributed by atoms with E-state index in [4.69, 9.17) is 0 Å². The van der Waals surface area contributed by atoms with Crippen LogP contribution in [-0.2, 0) is 0 Å². The van der Waals surface area contributed by atoms with Crippen molar-refractivity contribution >= 4 is 0 Å². The molecule has 1 N–H and O–H groups in total. The monoisotopic (exact) mass is 266 g/mol. The third-order valence-corrected chi connectivity index (χ3v) is 3.82. The normalized spacial score (nSPS) is 20.2. The van der Waals surface area contributed by atoms with E-state index in [0.717, 1.165) is 39.1 Å². The number of halogens is 1. The van der Waals surface area contributed by atoms with Crippen molar-refractivity contribution in [1.29, 1.82) is 0 Å². The number of hydrogen-bond acceptors (Lipinski definition) is 3. The standard InChI is InChI=1S/C15H23FN2O/c1-2-17-8-5-9-18(11-10-17)12-15(19)13-6-3-4-7-14(13)16/h3-4,6-7,15,19H,2,5,8-12H2,1H3. The van der Waals surface area contributed by atoms with E-state index >= 15 is 0 Å². The smallest absolute Gasteiger partial charge is 0.129 e. The second-order valence-electron chi connectivity index (χ2n) is 5.13. The van der Waals surface area contributed by atoms with E-state index in [1.807, 2.05) is 0 Å². The minimum atomic E-state index is -0.741. The van der Waals surface area contributed by atoms with Crippen LogP contribution in [-0.4, -0.2) is 54.2 Å². The van der Waals surface area contributed by atoms with Gasteiger partial charge in [0.1, 0.15) is 5.82 Å². The first kappa shape index (κ1) is 14.4. The van der Waals surface area contributed by atoms with Gasteiger partial charge >= 0.3 is 0 Å². The van der Waals surface area contributed by atoms with Gasteiger partial charge in [-0.3, -0.25) is 4.90 Å². The highest BCUT2D eigenvalue weighted by Gasteiger charge is 2.19. The Morgan fingerprint density at radius 3 is 2.58 bits per heavy atom. The highest BCUT2D eigenvalue weighted by atomic mass is 19.1. The molecule has 0 aromatic heterocycles. The molecule has 106 valence electrons. The highest BCUT2D eigenvalue weighted by Crippen LogP contribution is 2.18. The number of nitrogens with zero attached hydrogens (tertiary/aromatic N) is 2. The molecule has 1 aromatic rings. The molecule has 1 aromatic carbocycles. The lowest BCUT2D eigenvalue weighted by atomic mass is 10.1. The minimum absolute atomic E-state index is 0.319. The Hall–Kier alpha value is -0.970. The fraction of sp³-hybridized carbons (Fsp3) is 0.600. The van der Waals surface area contributed by atoms with Gasteiger partial charge in [-0.2, -0.15) is 0 Å². The zero-order valence-electron chi connectivity index (χ0n) is 11.6. The molecule has 0 saturated carbocycles. The summed E-state index contributed by atoms with van der Waals surface area (Å²) in [6.45, 7) is 7.82. The summed E-state index contributed by atoms with van der Waals surface area (Å²) in [6, 6.07) is 6.48. The fourth-order valence-electron chi connectivity index (χ4n) is 2.61. The van der Waals surface area contributed by atoms with Crippen LogP contribution < -0.4 is 0 Å². The Morgan fingerprint density at radius 1 is 1.16 bits per heavy atom. The maximum atomic E-state index is 13.6. The molecule has 1 heterocycles. The van der Waals surface area contributed by atoms with Gasteiger partial charge in [0, 0.05) is 25.2 Å². The quantitative estimate of drug-likeness (QED) is 0.901. The zero-order valence-corrected chi connectivity index (χ0v) is 11.6. The Morgan fingerprint density at radius 2 is 1.84 bits per heavy atom. The average Bonchev–Trinajstić information content (AvgIpc) is 2.64. The van der Waals surface area contributed by atoms with Crippen molar-refractivity contribution in [2.45, 2.75) is 19.4 Å². The Labute approximate surface area is 114 Å². The van der Waals surface area contributed by atoms with Gasteiger partial charge in [0.2, 0.25) is 0 Å². The van der Waals surface area contributed by atoms with Crippen molar-refractivity contribution < 1.29 is 9.50 Å². The molecule has 1 aliphatic rings. The molecule has 4 heteroatoms. The topological polar surface area (TPSA) is 26.7 Å². The average molecular weight is 266 g/mol. The molecule has 1 atom stereocenters. The summed E-state index contributed by atoms with van der Waals surface area (Å²) in [5.41, 5.74) is 0.402. The Balaban J connectivity index is 1.92. The van der Waals surface area contributed by atoms with Crippen LogP contribution in [0.15, 0.2) is 24.3 Å². The first-order valence-electron chi connectivity index (χ1n) is 7.08. The van der Waals surface area contributed by atoms with Crippen LogP contribution in [0.4, 0.5) is 4.39 Å². The van der Waals surface area contributed by atoms with E-state index in [0.29, 0.717) is 12.1 Å². The van der Waals surface area contributed by atoms with Gasteiger partial charge in [-0.15, -0.1) is 0 Å². The second kappa shape index (κ2) is 6.98. The van der Waals surface area contributed by atoms with Gasteiger partial charge in [0.05, 0.1) is 6.10 Å². The number of aliphatic hydroxyl groups is 1. The van der Waals surface area contributed by atoms with E-state index in [9.17, 15) is 9.50 Å². The van der Waals surface area contributed by atoms with Crippen molar-refractivity contribution in [3.05, 3.63) is 35.6 Å². The number of hydrogen-bond donors (Lipinski definition) is 1. The molecule has 1 unspecified atom stereocenters. The number of rotatable bonds is 4. The highest BCUT2D eigenvalue weighted by molar-refractivity contribution is 5.20. The zero-order chi connectivity index (χ0) is 13.7. The van der Waals surface area contributed by atoms with Crippen LogP contribution in [0.1, 0.15) is 25.0 Å². The van der Waals surface area contributed by atoms with E-state index in [1.54, 1.807) is 18.2 Å². The SMILES string of the molecule is CCN1CCCN(CC(O)c2ccccc2F)CC1. The van der Waals surface area contributed by atoms with Crippen LogP contribution in [0, 0.1) is 5.82 Å². The summed E-state index contributed by atoms with van der Waals surface area (Å²) in [4.78, 5) is 4.64.